The highest BCUT2D eigenvalue weighted by Gasteiger charge is 2.35. The summed E-state index contributed by atoms with van der Waals surface area (Å²) in [6.07, 6.45) is -0.526. The van der Waals surface area contributed by atoms with Crippen molar-refractivity contribution in [3.05, 3.63) is 70.5 Å². The first-order chi connectivity index (χ1) is 10.2. The van der Waals surface area contributed by atoms with Crippen molar-refractivity contribution in [3.63, 3.8) is 0 Å². The highest BCUT2D eigenvalue weighted by Crippen LogP contribution is 2.34. The number of halogens is 1. The number of rotatable bonds is 1. The zero-order valence-electron chi connectivity index (χ0n) is 10.8. The zero-order valence-corrected chi connectivity index (χ0v) is 11.5. The fraction of sp³-hybridized carbons (Fsp3) is 0.0625. The van der Waals surface area contributed by atoms with E-state index in [4.69, 9.17) is 16.3 Å². The van der Waals surface area contributed by atoms with Crippen LogP contribution in [0.4, 0.5) is 0 Å². The summed E-state index contributed by atoms with van der Waals surface area (Å²) in [7, 11) is 0. The third-order valence-corrected chi connectivity index (χ3v) is 3.69. The van der Waals surface area contributed by atoms with E-state index in [1.165, 1.54) is 0 Å². The van der Waals surface area contributed by atoms with Crippen molar-refractivity contribution in [2.75, 3.05) is 0 Å². The van der Waals surface area contributed by atoms with Crippen molar-refractivity contribution in [3.8, 4) is 0 Å². The smallest absolute Gasteiger partial charge is 0.360 e. The van der Waals surface area contributed by atoms with Gasteiger partial charge < -0.3 is 4.74 Å². The average Bonchev–Trinajstić information content (AvgIpc) is 2.83. The summed E-state index contributed by atoms with van der Waals surface area (Å²) >= 11 is 5.89. The van der Waals surface area contributed by atoms with Gasteiger partial charge in [-0.05, 0) is 29.8 Å². The maximum absolute atomic E-state index is 12.0. The van der Waals surface area contributed by atoms with Crippen molar-refractivity contribution in [1.29, 1.82) is 0 Å². The minimum absolute atomic E-state index is 0.286. The first kappa shape index (κ1) is 12.3. The molecule has 4 nitrogen and oxygen atoms in total. The summed E-state index contributed by atoms with van der Waals surface area (Å²) in [5.41, 5.74) is 3.10. The molecule has 0 bridgehead atoms. The van der Waals surface area contributed by atoms with Crippen LogP contribution in [0.5, 0.6) is 0 Å². The number of cyclic esters (lactones) is 1. The summed E-state index contributed by atoms with van der Waals surface area (Å²) in [4.78, 5) is 20.9. The molecule has 0 amide bonds. The molecule has 1 aliphatic heterocycles. The molecule has 1 atom stereocenters. The van der Waals surface area contributed by atoms with Crippen molar-refractivity contribution in [1.82, 2.24) is 9.97 Å². The van der Waals surface area contributed by atoms with Crippen LogP contribution in [0.25, 0.3) is 11.0 Å². The first-order valence-electron chi connectivity index (χ1n) is 6.45. The number of para-hydroxylation sites is 2. The van der Waals surface area contributed by atoms with Gasteiger partial charge in [0.1, 0.15) is 5.69 Å². The summed E-state index contributed by atoms with van der Waals surface area (Å²) < 4.78 is 5.42. The fourth-order valence-corrected chi connectivity index (χ4v) is 2.55. The largest absolute Gasteiger partial charge is 0.446 e. The maximum Gasteiger partial charge on any atom is 0.360 e. The van der Waals surface area contributed by atoms with Gasteiger partial charge in [-0.3, -0.25) is 0 Å². The van der Waals surface area contributed by atoms with Crippen LogP contribution in [0.3, 0.4) is 0 Å². The average molecular weight is 297 g/mol. The normalized spacial score (nSPS) is 16.8. The van der Waals surface area contributed by atoms with Crippen molar-refractivity contribution in [2.24, 2.45) is 0 Å². The summed E-state index contributed by atoms with van der Waals surface area (Å²) in [5.74, 6) is -0.441. The number of hydrogen-bond acceptors (Lipinski definition) is 4. The summed E-state index contributed by atoms with van der Waals surface area (Å²) in [6, 6.07) is 14.6. The van der Waals surface area contributed by atoms with E-state index in [1.807, 2.05) is 36.4 Å². The lowest BCUT2D eigenvalue weighted by Gasteiger charge is -2.10. The van der Waals surface area contributed by atoms with Gasteiger partial charge in [-0.15, -0.1) is 0 Å². The molecule has 3 aromatic rings. The van der Waals surface area contributed by atoms with E-state index in [-0.39, 0.29) is 5.69 Å². The van der Waals surface area contributed by atoms with Crippen LogP contribution in [0.2, 0.25) is 5.02 Å². The number of fused-ring (bicyclic) bond motifs is 2. The maximum atomic E-state index is 12.0. The monoisotopic (exact) mass is 296 g/mol. The van der Waals surface area contributed by atoms with Crippen LogP contribution in [0.1, 0.15) is 27.8 Å². The number of hydrogen-bond donors (Lipinski definition) is 0. The van der Waals surface area contributed by atoms with Crippen LogP contribution in [-0.4, -0.2) is 15.9 Å². The minimum atomic E-state index is -0.526. The molecule has 4 rings (SSSR count). The summed E-state index contributed by atoms with van der Waals surface area (Å²) in [5, 5.41) is 0.632. The Hall–Kier alpha value is -2.46. The highest BCUT2D eigenvalue weighted by atomic mass is 35.5. The van der Waals surface area contributed by atoms with E-state index < -0.39 is 12.1 Å². The molecule has 1 aliphatic rings. The second kappa shape index (κ2) is 4.53. The van der Waals surface area contributed by atoms with E-state index >= 15 is 0 Å². The van der Waals surface area contributed by atoms with Gasteiger partial charge in [-0.2, -0.15) is 0 Å². The molecular weight excluding hydrogens is 288 g/mol. The van der Waals surface area contributed by atoms with Crippen molar-refractivity contribution >= 4 is 28.6 Å². The predicted octanol–water partition coefficient (Wildman–Crippen LogP) is 3.54. The number of ether oxygens (including phenoxy) is 1. The van der Waals surface area contributed by atoms with Gasteiger partial charge >= 0.3 is 5.97 Å². The molecule has 1 unspecified atom stereocenters. The van der Waals surface area contributed by atoms with E-state index in [0.29, 0.717) is 16.2 Å². The molecule has 0 saturated carbocycles. The Balaban J connectivity index is 1.90. The van der Waals surface area contributed by atoms with Gasteiger partial charge in [-0.25, -0.2) is 14.8 Å². The van der Waals surface area contributed by atoms with Gasteiger partial charge in [0, 0.05) is 5.02 Å². The number of carbonyl (C=O) groups is 1. The molecule has 2 aromatic carbocycles. The van der Waals surface area contributed by atoms with Crippen molar-refractivity contribution in [2.45, 2.75) is 6.10 Å². The topological polar surface area (TPSA) is 52.1 Å². The van der Waals surface area contributed by atoms with Gasteiger partial charge in [-0.1, -0.05) is 35.9 Å². The van der Waals surface area contributed by atoms with Crippen LogP contribution in [-0.2, 0) is 4.74 Å². The lowest BCUT2D eigenvalue weighted by Crippen LogP contribution is -2.01. The molecule has 5 heteroatoms. The van der Waals surface area contributed by atoms with Crippen molar-refractivity contribution < 1.29 is 9.53 Å². The Bertz CT molecular complexity index is 862. The molecule has 0 fully saturated rings. The fourth-order valence-electron chi connectivity index (χ4n) is 2.43. The van der Waals surface area contributed by atoms with E-state index in [1.54, 1.807) is 12.1 Å². The predicted molar refractivity (Wildman–Crippen MR) is 78.2 cm³/mol. The Kier molecular flexibility index (Phi) is 2.65. The molecule has 21 heavy (non-hydrogen) atoms. The zero-order chi connectivity index (χ0) is 14.4. The molecule has 2 heterocycles. The summed E-state index contributed by atoms with van der Waals surface area (Å²) in [6.45, 7) is 0. The lowest BCUT2D eigenvalue weighted by atomic mass is 10.1. The number of esters is 1. The molecular formula is C16H9ClN2O2. The van der Waals surface area contributed by atoms with E-state index in [2.05, 4.69) is 9.97 Å². The number of aromatic nitrogens is 2. The second-order valence-corrected chi connectivity index (χ2v) is 5.22. The van der Waals surface area contributed by atoms with Crippen LogP contribution >= 0.6 is 11.6 Å². The number of nitrogens with zero attached hydrogens (tertiary/aromatic N) is 2. The Morgan fingerprint density at radius 2 is 1.62 bits per heavy atom. The SMILES string of the molecule is O=C1OC(c2ccc(Cl)cc2)c2nc3ccccc3nc21. The third-order valence-electron chi connectivity index (χ3n) is 3.44. The van der Waals surface area contributed by atoms with Gasteiger partial charge in [0.15, 0.2) is 11.8 Å². The Morgan fingerprint density at radius 3 is 2.33 bits per heavy atom. The van der Waals surface area contributed by atoms with Crippen LogP contribution in [0, 0.1) is 0 Å². The van der Waals surface area contributed by atoms with Crippen LogP contribution < -0.4 is 0 Å². The quantitative estimate of drug-likeness (QED) is 0.645. The van der Waals surface area contributed by atoms with Crippen LogP contribution in [0.15, 0.2) is 48.5 Å². The third kappa shape index (κ3) is 1.96. The highest BCUT2D eigenvalue weighted by molar-refractivity contribution is 6.30. The van der Waals surface area contributed by atoms with Gasteiger partial charge in [0.25, 0.3) is 0 Å². The lowest BCUT2D eigenvalue weighted by molar-refractivity contribution is 0.0449. The molecule has 1 aromatic heterocycles. The van der Waals surface area contributed by atoms with Gasteiger partial charge in [0.05, 0.1) is 11.0 Å². The standard InChI is InChI=1S/C16H9ClN2O2/c17-10-7-5-9(6-8-10)15-13-14(16(20)21-15)19-12-4-2-1-3-11(12)18-13/h1-8,15H. The Morgan fingerprint density at radius 1 is 0.952 bits per heavy atom. The molecule has 102 valence electrons. The molecule has 0 aliphatic carbocycles. The number of carbonyl (C=O) groups excluding carboxylic acids is 1. The molecule has 0 saturated heterocycles. The van der Waals surface area contributed by atoms with E-state index in [9.17, 15) is 4.79 Å². The minimum Gasteiger partial charge on any atom is -0.446 e. The van der Waals surface area contributed by atoms with Gasteiger partial charge in [0.2, 0.25) is 0 Å². The second-order valence-electron chi connectivity index (χ2n) is 4.78. The molecule has 0 N–H and O–H groups in total. The Labute approximate surface area is 125 Å². The molecule has 0 spiro atoms. The first-order valence-corrected chi connectivity index (χ1v) is 6.83. The number of benzene rings is 2. The van der Waals surface area contributed by atoms with E-state index in [0.717, 1.165) is 11.1 Å². The molecule has 0 radical (unpaired) electrons.